The maximum atomic E-state index is 13.5. The second kappa shape index (κ2) is 8.88. The number of fused-ring (bicyclic) bond motifs is 5. The lowest BCUT2D eigenvalue weighted by molar-refractivity contribution is -0.281. The van der Waals surface area contributed by atoms with Crippen molar-refractivity contribution in [3.05, 3.63) is 46.0 Å². The number of carbonyl (C=O) groups is 2. The zero-order valence-electron chi connectivity index (χ0n) is 19.8. The monoisotopic (exact) mass is 532 g/mol. The summed E-state index contributed by atoms with van der Waals surface area (Å²) in [7, 11) is 1.27. The van der Waals surface area contributed by atoms with Crippen molar-refractivity contribution >= 4 is 11.6 Å². The van der Waals surface area contributed by atoms with Crippen LogP contribution < -0.4 is 9.47 Å². The van der Waals surface area contributed by atoms with E-state index in [1.807, 2.05) is 0 Å². The molecule has 8 atom stereocenters. The Balaban J connectivity index is 1.36. The molecular formula is C25H24O13. The zero-order valence-corrected chi connectivity index (χ0v) is 19.8. The van der Waals surface area contributed by atoms with Gasteiger partial charge in [-0.15, -0.1) is 0 Å². The summed E-state index contributed by atoms with van der Waals surface area (Å²) < 4.78 is 27.2. The highest BCUT2D eigenvalue weighted by Gasteiger charge is 2.50. The number of ether oxygens (including phenoxy) is 5. The van der Waals surface area contributed by atoms with Gasteiger partial charge >= 0.3 is 0 Å². The first-order valence-corrected chi connectivity index (χ1v) is 11.8. The molecule has 0 spiro atoms. The third-order valence-corrected chi connectivity index (χ3v) is 7.40. The van der Waals surface area contributed by atoms with Gasteiger partial charge in [0, 0.05) is 29.9 Å². The van der Waals surface area contributed by atoms with Crippen LogP contribution in [0.25, 0.3) is 0 Å². The molecule has 0 amide bonds. The molecule has 6 N–H and O–H groups in total. The number of methoxy groups -OCH3 is 1. The Hall–Kier alpha value is -3.30. The van der Waals surface area contributed by atoms with Crippen LogP contribution in [0, 0.1) is 0 Å². The van der Waals surface area contributed by atoms with Gasteiger partial charge in [-0.1, -0.05) is 0 Å². The molecule has 4 aliphatic rings. The first kappa shape index (κ1) is 25.0. The number of phenols is 2. The second-order valence-corrected chi connectivity index (χ2v) is 9.52. The molecule has 6 rings (SSSR count). The van der Waals surface area contributed by atoms with Crippen molar-refractivity contribution in [2.24, 2.45) is 0 Å². The highest BCUT2D eigenvalue weighted by molar-refractivity contribution is 6.30. The highest BCUT2D eigenvalue weighted by Crippen LogP contribution is 2.52. The molecule has 13 heteroatoms. The Morgan fingerprint density at radius 3 is 2.45 bits per heavy atom. The van der Waals surface area contributed by atoms with Gasteiger partial charge in [-0.25, -0.2) is 0 Å². The van der Waals surface area contributed by atoms with Crippen LogP contribution in [0.15, 0.2) is 18.2 Å². The molecule has 2 aromatic carbocycles. The van der Waals surface area contributed by atoms with E-state index in [9.17, 15) is 40.2 Å². The number of hydrogen-bond donors (Lipinski definition) is 6. The van der Waals surface area contributed by atoms with Crippen LogP contribution in [0.1, 0.15) is 43.3 Å². The van der Waals surface area contributed by atoms with Crippen LogP contribution in [-0.4, -0.2) is 106 Å². The number of carbonyl (C=O) groups excluding carboxylic acids is 2. The van der Waals surface area contributed by atoms with Gasteiger partial charge in [-0.3, -0.25) is 9.59 Å². The molecule has 0 aromatic heterocycles. The van der Waals surface area contributed by atoms with Crippen molar-refractivity contribution in [3.8, 4) is 23.0 Å². The Kier molecular flexibility index (Phi) is 5.84. The molecule has 0 saturated carbocycles. The Labute approximate surface area is 214 Å². The van der Waals surface area contributed by atoms with Gasteiger partial charge in [0.1, 0.15) is 47.4 Å². The molecule has 3 aliphatic heterocycles. The zero-order chi connectivity index (χ0) is 27.0. The number of ketones is 2. The van der Waals surface area contributed by atoms with Crippen LogP contribution in [0.3, 0.4) is 0 Å². The van der Waals surface area contributed by atoms with Crippen molar-refractivity contribution in [2.75, 3.05) is 20.3 Å². The quantitative estimate of drug-likeness (QED) is 0.237. The number of benzene rings is 2. The highest BCUT2D eigenvalue weighted by atomic mass is 16.7. The number of hydrogen-bond acceptors (Lipinski definition) is 13. The van der Waals surface area contributed by atoms with Crippen LogP contribution in [-0.2, 0) is 14.2 Å². The second-order valence-electron chi connectivity index (χ2n) is 9.52. The molecule has 3 heterocycles. The number of rotatable bonds is 4. The van der Waals surface area contributed by atoms with Gasteiger partial charge in [-0.2, -0.15) is 0 Å². The number of aromatic hydroxyl groups is 2. The summed E-state index contributed by atoms with van der Waals surface area (Å²) in [6.07, 6.45) is -8.56. The normalized spacial score (nSPS) is 33.3. The Bertz CT molecular complexity index is 1340. The van der Waals surface area contributed by atoms with Crippen LogP contribution in [0.5, 0.6) is 23.0 Å². The van der Waals surface area contributed by atoms with Crippen molar-refractivity contribution < 1.29 is 63.9 Å². The van der Waals surface area contributed by atoms with Crippen molar-refractivity contribution in [1.82, 2.24) is 0 Å². The van der Waals surface area contributed by atoms with E-state index in [0.717, 1.165) is 12.1 Å². The molecule has 2 aromatic rings. The van der Waals surface area contributed by atoms with E-state index in [1.54, 1.807) is 0 Å². The smallest absolute Gasteiger partial charge is 0.229 e. The van der Waals surface area contributed by atoms with E-state index >= 15 is 0 Å². The number of aliphatic hydroxyl groups excluding tert-OH is 4. The van der Waals surface area contributed by atoms with Gasteiger partial charge in [-0.05, 0) is 12.1 Å². The Morgan fingerprint density at radius 2 is 1.74 bits per heavy atom. The van der Waals surface area contributed by atoms with E-state index < -0.39 is 78.7 Å². The lowest BCUT2D eigenvalue weighted by atomic mass is 9.80. The maximum Gasteiger partial charge on any atom is 0.229 e. The maximum absolute atomic E-state index is 13.5. The minimum Gasteiger partial charge on any atom is -0.507 e. The minimum absolute atomic E-state index is 0.0216. The van der Waals surface area contributed by atoms with Gasteiger partial charge in [0.2, 0.25) is 18.4 Å². The molecule has 202 valence electrons. The minimum atomic E-state index is -1.62. The topological polar surface area (TPSA) is 202 Å². The largest absolute Gasteiger partial charge is 0.507 e. The molecule has 0 radical (unpaired) electrons. The Morgan fingerprint density at radius 1 is 1.00 bits per heavy atom. The van der Waals surface area contributed by atoms with Gasteiger partial charge in [0.05, 0.1) is 36.4 Å². The van der Waals surface area contributed by atoms with Crippen molar-refractivity contribution in [1.29, 1.82) is 0 Å². The van der Waals surface area contributed by atoms with Gasteiger partial charge in [0.25, 0.3) is 0 Å². The van der Waals surface area contributed by atoms with Crippen LogP contribution >= 0.6 is 0 Å². The predicted octanol–water partition coefficient (Wildman–Crippen LogP) is -1.10. The summed E-state index contributed by atoms with van der Waals surface area (Å²) in [6.45, 7) is -0.576. The third kappa shape index (κ3) is 3.44. The average Bonchev–Trinajstić information content (AvgIpc) is 3.43. The summed E-state index contributed by atoms with van der Waals surface area (Å²) in [5, 5.41) is 62.4. The molecule has 38 heavy (non-hydrogen) atoms. The van der Waals surface area contributed by atoms with E-state index in [-0.39, 0.29) is 45.9 Å². The predicted molar refractivity (Wildman–Crippen MR) is 121 cm³/mol. The third-order valence-electron chi connectivity index (χ3n) is 7.40. The molecule has 0 bridgehead atoms. The van der Waals surface area contributed by atoms with Crippen LogP contribution in [0.2, 0.25) is 0 Å². The van der Waals surface area contributed by atoms with E-state index in [1.165, 1.54) is 13.2 Å². The summed E-state index contributed by atoms with van der Waals surface area (Å²) in [4.78, 5) is 26.9. The average molecular weight is 532 g/mol. The molecule has 1 aliphatic carbocycles. The molecular weight excluding hydrogens is 508 g/mol. The molecule has 2 fully saturated rings. The lowest BCUT2D eigenvalue weighted by Crippen LogP contribution is -2.60. The van der Waals surface area contributed by atoms with E-state index in [0.29, 0.717) is 0 Å². The molecule has 13 nitrogen and oxygen atoms in total. The fraction of sp³-hybridized carbons (Fsp3) is 0.440. The van der Waals surface area contributed by atoms with E-state index in [4.69, 9.17) is 23.7 Å². The summed E-state index contributed by atoms with van der Waals surface area (Å²) in [6, 6.07) is 3.46. The first-order valence-electron chi connectivity index (χ1n) is 11.8. The van der Waals surface area contributed by atoms with Gasteiger partial charge < -0.3 is 54.3 Å². The van der Waals surface area contributed by atoms with Crippen molar-refractivity contribution in [3.63, 3.8) is 0 Å². The van der Waals surface area contributed by atoms with Crippen LogP contribution in [0.4, 0.5) is 0 Å². The molecule has 2 saturated heterocycles. The summed E-state index contributed by atoms with van der Waals surface area (Å²) >= 11 is 0. The standard InChI is InChI=1S/C25H24O13/c1-34-23-13(5-26)38-25(22(33)21(23)32)36-7-2-8-14(10(27)3-7)19(30)15-9(18(8)29)4-12-17(20(15)31)16-11(28)6-35-24(16)37-12/h2-4,11,13,16,21-28,31-33H,5-6H2,1H3/t11-,13-,16+,21-,22-,23-,24-,25-/m1/s1. The SMILES string of the molecule is CO[C@H]1[C@H](O)[C@@H](O)[C@H](Oc2cc(O)c3c(c2)C(=O)c2cc4c(c(O)c2C3=O)[C@H]2[C@H](OC[C@H]2O)O4)O[C@@H]1CO. The van der Waals surface area contributed by atoms with Gasteiger partial charge in [0.15, 0.2) is 5.78 Å². The number of aliphatic hydroxyl groups is 4. The fourth-order valence-corrected chi connectivity index (χ4v) is 5.56. The first-order chi connectivity index (χ1) is 18.2. The van der Waals surface area contributed by atoms with Crippen molar-refractivity contribution in [2.45, 2.75) is 49.0 Å². The van der Waals surface area contributed by atoms with E-state index in [2.05, 4.69) is 0 Å². The fourth-order valence-electron chi connectivity index (χ4n) is 5.56. The molecule has 0 unspecified atom stereocenters. The summed E-state index contributed by atoms with van der Waals surface area (Å²) in [5.41, 5.74) is -0.985. The number of phenolic OH excluding ortho intramolecular Hbond substituents is 2. The summed E-state index contributed by atoms with van der Waals surface area (Å²) in [5.74, 6) is -3.57. The lowest BCUT2D eigenvalue weighted by Gasteiger charge is -2.41.